The first-order valence-electron chi connectivity index (χ1n) is 5.07. The smallest absolute Gasteiger partial charge is 0.166 e. The molecule has 1 aromatic rings. The third-order valence-corrected chi connectivity index (χ3v) is 2.76. The van der Waals surface area contributed by atoms with Crippen LogP contribution < -0.4 is 9.47 Å². The second-order valence-corrected chi connectivity index (χ2v) is 4.14. The lowest BCUT2D eigenvalue weighted by Crippen LogP contribution is -2.18. The molecule has 0 aromatic heterocycles. The Kier molecular flexibility index (Phi) is 3.12. The van der Waals surface area contributed by atoms with E-state index in [1.54, 1.807) is 6.92 Å². The van der Waals surface area contributed by atoms with E-state index >= 15 is 0 Å². The van der Waals surface area contributed by atoms with Gasteiger partial charge >= 0.3 is 0 Å². The first kappa shape index (κ1) is 11.4. The largest absolute Gasteiger partial charge is 0.506 e. The summed E-state index contributed by atoms with van der Waals surface area (Å²) in [5, 5.41) is 19.2. The number of ether oxygens (including phenoxy) is 2. The van der Waals surface area contributed by atoms with E-state index in [1.165, 1.54) is 6.07 Å². The number of hydrogen-bond donors (Lipinski definition) is 2. The van der Waals surface area contributed by atoms with E-state index in [9.17, 15) is 10.2 Å². The Morgan fingerprint density at radius 3 is 2.81 bits per heavy atom. The number of rotatable bonds is 2. The zero-order valence-electron chi connectivity index (χ0n) is 8.86. The van der Waals surface area contributed by atoms with Gasteiger partial charge in [0.15, 0.2) is 11.5 Å². The number of aliphatic hydroxyl groups excluding tert-OH is 1. The van der Waals surface area contributed by atoms with Gasteiger partial charge in [0.25, 0.3) is 0 Å². The van der Waals surface area contributed by atoms with Crippen LogP contribution in [0.2, 0.25) is 5.02 Å². The van der Waals surface area contributed by atoms with Crippen LogP contribution in [0.15, 0.2) is 6.07 Å². The van der Waals surface area contributed by atoms with Crippen molar-refractivity contribution in [1.29, 1.82) is 0 Å². The van der Waals surface area contributed by atoms with Gasteiger partial charge in [0.1, 0.15) is 19.0 Å². The average Bonchev–Trinajstić information content (AvgIpc) is 2.24. The highest BCUT2D eigenvalue weighted by Crippen LogP contribution is 2.43. The van der Waals surface area contributed by atoms with Gasteiger partial charge in [-0.15, -0.1) is 0 Å². The van der Waals surface area contributed by atoms with Crippen molar-refractivity contribution >= 4 is 11.6 Å². The quantitative estimate of drug-likeness (QED) is 0.832. The van der Waals surface area contributed by atoms with Crippen LogP contribution in [0.3, 0.4) is 0 Å². The maximum Gasteiger partial charge on any atom is 0.166 e. The lowest BCUT2D eigenvalue weighted by molar-refractivity contribution is 0.163. The van der Waals surface area contributed by atoms with E-state index in [2.05, 4.69) is 0 Å². The third-order valence-electron chi connectivity index (χ3n) is 2.34. The van der Waals surface area contributed by atoms with Gasteiger partial charge in [0.05, 0.1) is 11.1 Å². The Balaban J connectivity index is 2.50. The van der Waals surface area contributed by atoms with Gasteiger partial charge in [-0.05, 0) is 6.92 Å². The summed E-state index contributed by atoms with van der Waals surface area (Å²) < 4.78 is 10.8. The molecule has 0 aliphatic carbocycles. The van der Waals surface area contributed by atoms with Crippen molar-refractivity contribution in [2.24, 2.45) is 0 Å². The van der Waals surface area contributed by atoms with Crippen LogP contribution in [0.4, 0.5) is 0 Å². The van der Waals surface area contributed by atoms with Gasteiger partial charge in [0, 0.05) is 18.1 Å². The molecule has 16 heavy (non-hydrogen) atoms. The summed E-state index contributed by atoms with van der Waals surface area (Å²) in [5.74, 6) is 0.945. The molecule has 1 aliphatic rings. The molecule has 1 atom stereocenters. The fraction of sp³-hybridized carbons (Fsp3) is 0.455. The Morgan fingerprint density at radius 1 is 1.44 bits per heavy atom. The van der Waals surface area contributed by atoms with Gasteiger partial charge in [-0.25, -0.2) is 0 Å². The molecule has 88 valence electrons. The van der Waals surface area contributed by atoms with E-state index in [1.807, 2.05) is 0 Å². The van der Waals surface area contributed by atoms with Gasteiger partial charge < -0.3 is 19.7 Å². The summed E-state index contributed by atoms with van der Waals surface area (Å²) in [6.45, 7) is 2.54. The van der Waals surface area contributed by atoms with Crippen molar-refractivity contribution in [3.63, 3.8) is 0 Å². The monoisotopic (exact) mass is 244 g/mol. The lowest BCUT2D eigenvalue weighted by Gasteiger charge is -2.23. The molecule has 1 aliphatic heterocycles. The molecule has 1 unspecified atom stereocenters. The van der Waals surface area contributed by atoms with E-state index in [0.717, 1.165) is 0 Å². The Hall–Kier alpha value is -1.13. The van der Waals surface area contributed by atoms with Crippen LogP contribution in [0.5, 0.6) is 17.2 Å². The molecule has 1 heterocycles. The molecule has 0 radical (unpaired) electrons. The van der Waals surface area contributed by atoms with Crippen molar-refractivity contribution in [2.75, 3.05) is 13.2 Å². The maximum absolute atomic E-state index is 9.62. The predicted octanol–water partition coefficient (Wildman–Crippen LogP) is 1.74. The minimum Gasteiger partial charge on any atom is -0.506 e. The van der Waals surface area contributed by atoms with Crippen molar-refractivity contribution < 1.29 is 19.7 Å². The predicted molar refractivity (Wildman–Crippen MR) is 59.5 cm³/mol. The van der Waals surface area contributed by atoms with Gasteiger partial charge in [-0.2, -0.15) is 0 Å². The van der Waals surface area contributed by atoms with Crippen LogP contribution in [0.1, 0.15) is 12.5 Å². The average molecular weight is 245 g/mol. The minimum atomic E-state index is -0.561. The molecule has 0 saturated heterocycles. The zero-order valence-corrected chi connectivity index (χ0v) is 9.62. The molecule has 0 bridgehead atoms. The summed E-state index contributed by atoms with van der Waals surface area (Å²) >= 11 is 5.98. The van der Waals surface area contributed by atoms with Gasteiger partial charge in [-0.1, -0.05) is 11.6 Å². The topological polar surface area (TPSA) is 58.9 Å². The number of benzene rings is 1. The van der Waals surface area contributed by atoms with Crippen molar-refractivity contribution in [2.45, 2.75) is 19.4 Å². The molecular weight excluding hydrogens is 232 g/mol. The summed E-state index contributed by atoms with van der Waals surface area (Å²) in [6.07, 6.45) is -0.243. The Labute approximate surface area is 98.4 Å². The maximum atomic E-state index is 9.62. The lowest BCUT2D eigenvalue weighted by atomic mass is 10.1. The van der Waals surface area contributed by atoms with Crippen LogP contribution in [-0.2, 0) is 6.42 Å². The van der Waals surface area contributed by atoms with E-state index < -0.39 is 6.10 Å². The minimum absolute atomic E-state index is 0.0541. The third kappa shape index (κ3) is 2.03. The molecule has 2 N–H and O–H groups in total. The van der Waals surface area contributed by atoms with Crippen molar-refractivity contribution in [3.05, 3.63) is 16.7 Å². The van der Waals surface area contributed by atoms with Crippen LogP contribution in [0.25, 0.3) is 0 Å². The highest BCUT2D eigenvalue weighted by atomic mass is 35.5. The van der Waals surface area contributed by atoms with Crippen LogP contribution in [0, 0.1) is 0 Å². The number of aliphatic hydroxyl groups is 1. The molecule has 0 saturated carbocycles. The number of aromatic hydroxyl groups is 1. The Bertz CT molecular complexity index is 403. The summed E-state index contributed by atoms with van der Waals surface area (Å²) in [7, 11) is 0. The fourth-order valence-corrected chi connectivity index (χ4v) is 1.91. The van der Waals surface area contributed by atoms with Gasteiger partial charge in [0.2, 0.25) is 0 Å². The highest BCUT2D eigenvalue weighted by Gasteiger charge is 2.22. The molecule has 2 rings (SSSR count). The number of phenols is 1. The van der Waals surface area contributed by atoms with Crippen molar-refractivity contribution in [1.82, 2.24) is 0 Å². The first-order valence-corrected chi connectivity index (χ1v) is 5.45. The zero-order chi connectivity index (χ0) is 11.7. The van der Waals surface area contributed by atoms with Crippen LogP contribution >= 0.6 is 11.6 Å². The van der Waals surface area contributed by atoms with E-state index in [0.29, 0.717) is 36.7 Å². The molecule has 0 amide bonds. The molecule has 5 heteroatoms. The summed E-state index contributed by atoms with van der Waals surface area (Å²) in [5.41, 5.74) is 0.589. The molecule has 4 nitrogen and oxygen atoms in total. The summed E-state index contributed by atoms with van der Waals surface area (Å²) in [6, 6.07) is 1.43. The molecule has 0 spiro atoms. The second-order valence-electron chi connectivity index (χ2n) is 3.77. The SMILES string of the molecule is CC(O)Cc1c(Cl)c(O)cc2c1OCCO2. The van der Waals surface area contributed by atoms with Crippen molar-refractivity contribution in [3.8, 4) is 17.2 Å². The number of hydrogen-bond acceptors (Lipinski definition) is 4. The van der Waals surface area contributed by atoms with Crippen LogP contribution in [-0.4, -0.2) is 29.5 Å². The van der Waals surface area contributed by atoms with E-state index in [4.69, 9.17) is 21.1 Å². The molecular formula is C11H13ClO4. The normalized spacial score (nSPS) is 15.9. The first-order chi connectivity index (χ1) is 7.59. The highest BCUT2D eigenvalue weighted by molar-refractivity contribution is 6.33. The summed E-state index contributed by atoms with van der Waals surface area (Å²) in [4.78, 5) is 0. The second kappa shape index (κ2) is 4.39. The van der Waals surface area contributed by atoms with E-state index in [-0.39, 0.29) is 10.8 Å². The molecule has 1 aromatic carbocycles. The number of fused-ring (bicyclic) bond motifs is 1. The number of phenolic OH excluding ortho intramolecular Hbond substituents is 1. The molecule has 0 fully saturated rings. The Morgan fingerprint density at radius 2 is 2.12 bits per heavy atom. The number of halogens is 1. The standard InChI is InChI=1S/C11H13ClO4/c1-6(13)4-7-10(12)8(14)5-9-11(7)16-3-2-15-9/h5-6,13-14H,2-4H2,1H3. The fourth-order valence-electron chi connectivity index (χ4n) is 1.69. The van der Waals surface area contributed by atoms with Gasteiger partial charge in [-0.3, -0.25) is 0 Å².